The Morgan fingerprint density at radius 3 is 2.79 bits per heavy atom. The van der Waals surface area contributed by atoms with Gasteiger partial charge in [0.25, 0.3) is 0 Å². The fourth-order valence-electron chi connectivity index (χ4n) is 4.28. The van der Waals surface area contributed by atoms with Gasteiger partial charge in [-0.3, -0.25) is 0 Å². The largest absolute Gasteiger partial charge is 0.474 e. The highest BCUT2D eigenvalue weighted by Crippen LogP contribution is 2.22. The van der Waals surface area contributed by atoms with Crippen LogP contribution >= 0.6 is 24.0 Å². The summed E-state index contributed by atoms with van der Waals surface area (Å²) in [5.41, 5.74) is 1.06. The van der Waals surface area contributed by atoms with E-state index in [1.807, 2.05) is 16.9 Å². The molecule has 1 aliphatic heterocycles. The third-order valence-corrected chi connectivity index (χ3v) is 5.92. The van der Waals surface area contributed by atoms with Crippen LogP contribution in [0, 0.1) is 0 Å². The monoisotopic (exact) mass is 569 g/mol. The summed E-state index contributed by atoms with van der Waals surface area (Å²) in [6.45, 7) is 4.65. The molecule has 1 unspecified atom stereocenters. The average Bonchev–Trinajstić information content (AvgIpc) is 3.21. The molecule has 0 bridgehead atoms. The second kappa shape index (κ2) is 13.1. The number of rotatable bonds is 8. The van der Waals surface area contributed by atoms with E-state index >= 15 is 0 Å². The number of ether oxygens (including phenoxy) is 2. The summed E-state index contributed by atoms with van der Waals surface area (Å²) in [7, 11) is 1.66. The Morgan fingerprint density at radius 2 is 2.06 bits per heavy atom. The van der Waals surface area contributed by atoms with E-state index in [4.69, 9.17) is 14.5 Å². The predicted octanol–water partition coefficient (Wildman–Crippen LogP) is 3.22. The van der Waals surface area contributed by atoms with Crippen LogP contribution in [-0.4, -0.2) is 51.5 Å². The standard InChI is InChI=1S/C23H35N7O2.HI/c1-3-24-23(27-18-10-11-21-28-20(16-31-2)29-30(21)15-18)26-14-17-9-12-22(25-13-17)32-19-7-5-4-6-8-19;/h9,12-13,18-19H,3-8,10-11,14-16H2,1-2H3,(H2,24,26,27);1H. The molecule has 1 aliphatic carbocycles. The van der Waals surface area contributed by atoms with Crippen LogP contribution < -0.4 is 15.4 Å². The first-order valence-corrected chi connectivity index (χ1v) is 11.8. The number of fused-ring (bicyclic) bond motifs is 1. The third kappa shape index (κ3) is 7.53. The van der Waals surface area contributed by atoms with Crippen molar-refractivity contribution >= 4 is 29.9 Å². The van der Waals surface area contributed by atoms with Crippen LogP contribution in [0.25, 0.3) is 0 Å². The van der Waals surface area contributed by atoms with Crippen molar-refractivity contribution in [3.8, 4) is 5.88 Å². The molecular weight excluding hydrogens is 533 g/mol. The van der Waals surface area contributed by atoms with Crippen molar-refractivity contribution in [1.29, 1.82) is 0 Å². The van der Waals surface area contributed by atoms with Crippen LogP contribution in [0.2, 0.25) is 0 Å². The third-order valence-electron chi connectivity index (χ3n) is 5.92. The fraction of sp³-hybridized carbons (Fsp3) is 0.652. The molecule has 1 atom stereocenters. The highest BCUT2D eigenvalue weighted by atomic mass is 127. The molecule has 1 fully saturated rings. The lowest BCUT2D eigenvalue weighted by atomic mass is 9.98. The Bertz CT molecular complexity index is 881. The Balaban J connectivity index is 0.00000306. The maximum atomic E-state index is 6.03. The molecule has 4 rings (SSSR count). The maximum Gasteiger partial charge on any atom is 0.213 e. The molecule has 2 aromatic heterocycles. The van der Waals surface area contributed by atoms with E-state index in [2.05, 4.69) is 38.7 Å². The number of aryl methyl sites for hydroxylation is 1. The van der Waals surface area contributed by atoms with Crippen molar-refractivity contribution in [2.24, 2.45) is 4.99 Å². The van der Waals surface area contributed by atoms with Gasteiger partial charge in [-0.05, 0) is 44.6 Å². The summed E-state index contributed by atoms with van der Waals surface area (Å²) in [6.07, 6.45) is 10.2. The van der Waals surface area contributed by atoms with Gasteiger partial charge in [-0.15, -0.1) is 24.0 Å². The van der Waals surface area contributed by atoms with Gasteiger partial charge in [0.15, 0.2) is 11.8 Å². The van der Waals surface area contributed by atoms with Gasteiger partial charge in [0.1, 0.15) is 18.5 Å². The molecule has 10 heteroatoms. The zero-order valence-electron chi connectivity index (χ0n) is 19.6. The van der Waals surface area contributed by atoms with E-state index in [1.165, 1.54) is 19.3 Å². The molecule has 2 aliphatic rings. The Hall–Kier alpha value is -1.95. The van der Waals surface area contributed by atoms with Gasteiger partial charge >= 0.3 is 0 Å². The van der Waals surface area contributed by atoms with Crippen molar-refractivity contribution < 1.29 is 9.47 Å². The SMILES string of the molecule is CCNC(=NCc1ccc(OC2CCCCC2)nc1)NC1CCc2nc(COC)nn2C1.I. The van der Waals surface area contributed by atoms with E-state index < -0.39 is 0 Å². The van der Waals surface area contributed by atoms with Crippen molar-refractivity contribution in [1.82, 2.24) is 30.4 Å². The molecule has 0 radical (unpaired) electrons. The molecular formula is C23H36IN7O2. The molecule has 9 nitrogen and oxygen atoms in total. The van der Waals surface area contributed by atoms with Crippen LogP contribution in [0.3, 0.4) is 0 Å². The highest BCUT2D eigenvalue weighted by Gasteiger charge is 2.22. The maximum absolute atomic E-state index is 6.03. The molecule has 182 valence electrons. The first kappa shape index (κ1) is 25.7. The summed E-state index contributed by atoms with van der Waals surface area (Å²) in [4.78, 5) is 13.8. The lowest BCUT2D eigenvalue weighted by molar-refractivity contribution is 0.148. The first-order valence-electron chi connectivity index (χ1n) is 11.8. The van der Waals surface area contributed by atoms with E-state index in [0.29, 0.717) is 25.1 Å². The van der Waals surface area contributed by atoms with Crippen LogP contribution in [0.1, 0.15) is 62.7 Å². The minimum absolute atomic E-state index is 0. The predicted molar refractivity (Wildman–Crippen MR) is 138 cm³/mol. The van der Waals surface area contributed by atoms with Gasteiger partial charge in [0.05, 0.1) is 13.1 Å². The number of nitrogens with one attached hydrogen (secondary N) is 2. The Kier molecular flexibility index (Phi) is 10.2. The van der Waals surface area contributed by atoms with Crippen LogP contribution in [0.5, 0.6) is 5.88 Å². The summed E-state index contributed by atoms with van der Waals surface area (Å²) < 4.78 is 13.2. The number of aliphatic imine (C=N–C) groups is 1. The van der Waals surface area contributed by atoms with E-state index in [1.54, 1.807) is 7.11 Å². The molecule has 2 aromatic rings. The fourth-order valence-corrected chi connectivity index (χ4v) is 4.28. The summed E-state index contributed by atoms with van der Waals surface area (Å²) in [5.74, 6) is 3.29. The smallest absolute Gasteiger partial charge is 0.213 e. The molecule has 2 N–H and O–H groups in total. The summed E-state index contributed by atoms with van der Waals surface area (Å²) >= 11 is 0. The van der Waals surface area contributed by atoms with Gasteiger partial charge < -0.3 is 20.1 Å². The molecule has 3 heterocycles. The zero-order valence-corrected chi connectivity index (χ0v) is 22.0. The van der Waals surface area contributed by atoms with Gasteiger partial charge in [-0.1, -0.05) is 12.5 Å². The second-order valence-electron chi connectivity index (χ2n) is 8.52. The number of pyridine rings is 1. The average molecular weight is 569 g/mol. The number of hydrogen-bond donors (Lipinski definition) is 2. The van der Waals surface area contributed by atoms with Crippen molar-refractivity contribution in [3.63, 3.8) is 0 Å². The number of methoxy groups -OCH3 is 1. The number of aromatic nitrogens is 4. The van der Waals surface area contributed by atoms with E-state index in [-0.39, 0.29) is 30.0 Å². The topological polar surface area (TPSA) is 98.5 Å². The molecule has 33 heavy (non-hydrogen) atoms. The molecule has 0 aromatic carbocycles. The zero-order chi connectivity index (χ0) is 22.2. The molecule has 0 amide bonds. The minimum atomic E-state index is 0. The number of halogens is 1. The molecule has 0 spiro atoms. The van der Waals surface area contributed by atoms with Gasteiger partial charge in [0, 0.05) is 38.4 Å². The Morgan fingerprint density at radius 1 is 1.21 bits per heavy atom. The summed E-state index contributed by atoms with van der Waals surface area (Å²) in [6, 6.07) is 4.27. The normalized spacial score (nSPS) is 18.8. The van der Waals surface area contributed by atoms with E-state index in [9.17, 15) is 0 Å². The lowest BCUT2D eigenvalue weighted by Crippen LogP contribution is -2.47. The number of guanidine groups is 1. The van der Waals surface area contributed by atoms with Gasteiger partial charge in [-0.25, -0.2) is 19.6 Å². The van der Waals surface area contributed by atoms with Gasteiger partial charge in [-0.2, -0.15) is 5.10 Å². The Labute approximate surface area is 213 Å². The minimum Gasteiger partial charge on any atom is -0.474 e. The van der Waals surface area contributed by atoms with Crippen LogP contribution in [0.4, 0.5) is 0 Å². The van der Waals surface area contributed by atoms with Crippen LogP contribution in [0.15, 0.2) is 23.3 Å². The number of hydrogen-bond acceptors (Lipinski definition) is 6. The number of nitrogens with zero attached hydrogens (tertiary/aromatic N) is 5. The first-order chi connectivity index (χ1) is 15.7. The lowest BCUT2D eigenvalue weighted by Gasteiger charge is -2.25. The van der Waals surface area contributed by atoms with Gasteiger partial charge in [0.2, 0.25) is 5.88 Å². The van der Waals surface area contributed by atoms with Crippen LogP contribution in [-0.2, 0) is 30.9 Å². The van der Waals surface area contributed by atoms with E-state index in [0.717, 1.165) is 61.9 Å². The highest BCUT2D eigenvalue weighted by molar-refractivity contribution is 14.0. The van der Waals surface area contributed by atoms with Crippen molar-refractivity contribution in [3.05, 3.63) is 35.5 Å². The quantitative estimate of drug-likeness (QED) is 0.286. The van der Waals surface area contributed by atoms with Crippen molar-refractivity contribution in [2.75, 3.05) is 13.7 Å². The molecule has 1 saturated carbocycles. The molecule has 0 saturated heterocycles. The van der Waals surface area contributed by atoms with Crippen molar-refractivity contribution in [2.45, 2.75) is 83.7 Å². The summed E-state index contributed by atoms with van der Waals surface area (Å²) in [5, 5.41) is 11.4. The second-order valence-corrected chi connectivity index (χ2v) is 8.52.